The van der Waals surface area contributed by atoms with Gasteiger partial charge < -0.3 is 24.3 Å². The maximum Gasteiger partial charge on any atom is 0.244 e. The van der Waals surface area contributed by atoms with Crippen LogP contribution in [0.4, 0.5) is 0 Å². The second kappa shape index (κ2) is 11.1. The predicted octanol–water partition coefficient (Wildman–Crippen LogP) is 4.18. The Kier molecular flexibility index (Phi) is 8.26. The minimum absolute atomic E-state index is 0.0738. The van der Waals surface area contributed by atoms with Gasteiger partial charge in [0.25, 0.3) is 0 Å². The lowest BCUT2D eigenvalue weighted by Gasteiger charge is -2.36. The normalized spacial score (nSPS) is 15.5. The van der Waals surface area contributed by atoms with Gasteiger partial charge in [-0.3, -0.25) is 4.79 Å². The van der Waals surface area contributed by atoms with Crippen molar-refractivity contribution in [2.24, 2.45) is 0 Å². The number of hydrogen-bond acceptors (Lipinski definition) is 6. The maximum atomic E-state index is 12.6. The highest BCUT2D eigenvalue weighted by molar-refractivity contribution is 8.00. The number of rotatable bonds is 9. The molecule has 1 heterocycles. The quantitative estimate of drug-likeness (QED) is 0.587. The summed E-state index contributed by atoms with van der Waals surface area (Å²) in [7, 11) is 4.69. The van der Waals surface area contributed by atoms with Crippen LogP contribution in [0.3, 0.4) is 0 Å². The Morgan fingerprint density at radius 2 is 1.71 bits per heavy atom. The van der Waals surface area contributed by atoms with E-state index in [0.717, 1.165) is 18.4 Å². The number of thioether (sulfide) groups is 1. The Morgan fingerprint density at radius 1 is 1.06 bits per heavy atom. The van der Waals surface area contributed by atoms with Crippen LogP contribution in [0.15, 0.2) is 53.4 Å². The van der Waals surface area contributed by atoms with Gasteiger partial charge in [-0.25, -0.2) is 0 Å². The Hall–Kier alpha value is -2.64. The Labute approximate surface area is 187 Å². The van der Waals surface area contributed by atoms with Gasteiger partial charge in [-0.1, -0.05) is 18.2 Å². The number of nitrogens with one attached hydrogen (secondary N) is 1. The van der Waals surface area contributed by atoms with Crippen molar-refractivity contribution in [3.05, 3.63) is 54.1 Å². The highest BCUT2D eigenvalue weighted by atomic mass is 32.2. The first-order chi connectivity index (χ1) is 15.1. The summed E-state index contributed by atoms with van der Waals surface area (Å²) in [4.78, 5) is 13.8. The predicted molar refractivity (Wildman–Crippen MR) is 123 cm³/mol. The molecular formula is C24H29NO5S. The molecule has 1 aliphatic rings. The largest absolute Gasteiger partial charge is 0.493 e. The molecule has 31 heavy (non-hydrogen) atoms. The number of ether oxygens (including phenoxy) is 4. The molecule has 1 saturated heterocycles. The summed E-state index contributed by atoms with van der Waals surface area (Å²) in [5.41, 5.74) is 0.782. The third-order valence-electron chi connectivity index (χ3n) is 5.18. The van der Waals surface area contributed by atoms with E-state index in [2.05, 4.69) is 17.4 Å². The summed E-state index contributed by atoms with van der Waals surface area (Å²) < 4.78 is 21.6. The van der Waals surface area contributed by atoms with Gasteiger partial charge in [0.1, 0.15) is 0 Å². The van der Waals surface area contributed by atoms with E-state index in [4.69, 9.17) is 18.9 Å². The van der Waals surface area contributed by atoms with E-state index < -0.39 is 0 Å². The summed E-state index contributed by atoms with van der Waals surface area (Å²) in [5, 5.41) is 3.07. The van der Waals surface area contributed by atoms with Gasteiger partial charge in [-0.2, -0.15) is 0 Å². The molecular weight excluding hydrogens is 414 g/mol. The zero-order chi connectivity index (χ0) is 22.1. The SMILES string of the molecule is COc1cc(/C=C/C(=O)NCC2(Sc3ccccc3)CCOCC2)cc(OC)c1OC. The topological polar surface area (TPSA) is 66.0 Å². The molecule has 6 nitrogen and oxygen atoms in total. The van der Waals surface area contributed by atoms with Gasteiger partial charge in [0.15, 0.2) is 11.5 Å². The molecule has 1 fully saturated rings. The Bertz CT molecular complexity index is 869. The van der Waals surface area contributed by atoms with Crippen LogP contribution in [0, 0.1) is 0 Å². The summed E-state index contributed by atoms with van der Waals surface area (Å²) in [5.74, 6) is 1.46. The first-order valence-electron chi connectivity index (χ1n) is 10.2. The maximum absolute atomic E-state index is 12.6. The van der Waals surface area contributed by atoms with E-state index >= 15 is 0 Å². The fourth-order valence-electron chi connectivity index (χ4n) is 3.47. The van der Waals surface area contributed by atoms with E-state index in [-0.39, 0.29) is 10.7 Å². The number of carbonyl (C=O) groups excluding carboxylic acids is 1. The van der Waals surface area contributed by atoms with E-state index in [9.17, 15) is 4.79 Å². The molecule has 3 rings (SSSR count). The zero-order valence-electron chi connectivity index (χ0n) is 18.2. The van der Waals surface area contributed by atoms with Crippen LogP contribution >= 0.6 is 11.8 Å². The van der Waals surface area contributed by atoms with Gasteiger partial charge in [0.2, 0.25) is 11.7 Å². The number of amides is 1. The van der Waals surface area contributed by atoms with Crippen LogP contribution in [0.2, 0.25) is 0 Å². The molecule has 0 spiro atoms. The van der Waals surface area contributed by atoms with E-state index in [1.54, 1.807) is 39.5 Å². The number of hydrogen-bond donors (Lipinski definition) is 1. The third kappa shape index (κ3) is 6.18. The van der Waals surface area contributed by atoms with Crippen molar-refractivity contribution in [2.45, 2.75) is 22.5 Å². The summed E-state index contributed by atoms with van der Waals surface area (Å²) in [6.07, 6.45) is 5.05. The van der Waals surface area contributed by atoms with Gasteiger partial charge in [-0.05, 0) is 48.7 Å². The summed E-state index contributed by atoms with van der Waals surface area (Å²) >= 11 is 1.82. The standard InChI is InChI=1S/C24H29NO5S/c1-27-20-15-18(16-21(28-2)23(20)29-3)9-10-22(26)25-17-24(11-13-30-14-12-24)31-19-7-5-4-6-8-19/h4-10,15-16H,11-14,17H2,1-3H3,(H,25,26)/b10-9+. The zero-order valence-corrected chi connectivity index (χ0v) is 19.0. The molecule has 2 aromatic carbocycles. The molecule has 0 unspecified atom stereocenters. The van der Waals surface area contributed by atoms with Crippen molar-refractivity contribution < 1.29 is 23.7 Å². The minimum Gasteiger partial charge on any atom is -0.493 e. The van der Waals surface area contributed by atoms with Crippen LogP contribution in [0.5, 0.6) is 17.2 Å². The van der Waals surface area contributed by atoms with Crippen LogP contribution < -0.4 is 19.5 Å². The molecule has 1 amide bonds. The van der Waals surface area contributed by atoms with Crippen LogP contribution in [-0.4, -0.2) is 51.7 Å². The monoisotopic (exact) mass is 443 g/mol. The van der Waals surface area contributed by atoms with Gasteiger partial charge in [0.05, 0.1) is 21.3 Å². The van der Waals surface area contributed by atoms with Crippen LogP contribution in [0.25, 0.3) is 6.08 Å². The number of benzene rings is 2. The van der Waals surface area contributed by atoms with Crippen LogP contribution in [-0.2, 0) is 9.53 Å². The number of carbonyl (C=O) groups is 1. The molecule has 0 aliphatic carbocycles. The lowest BCUT2D eigenvalue weighted by atomic mass is 9.99. The molecule has 2 aromatic rings. The lowest BCUT2D eigenvalue weighted by Crippen LogP contribution is -2.44. The second-order valence-electron chi connectivity index (χ2n) is 7.22. The average Bonchev–Trinajstić information content (AvgIpc) is 2.82. The van der Waals surface area contributed by atoms with Gasteiger partial charge in [0, 0.05) is 35.5 Å². The van der Waals surface area contributed by atoms with Crippen molar-refractivity contribution in [3.8, 4) is 17.2 Å². The molecule has 1 N–H and O–H groups in total. The molecule has 0 bridgehead atoms. The van der Waals surface area contributed by atoms with Gasteiger partial charge >= 0.3 is 0 Å². The van der Waals surface area contributed by atoms with E-state index in [1.165, 1.54) is 11.0 Å². The molecule has 166 valence electrons. The van der Waals surface area contributed by atoms with Gasteiger partial charge in [-0.15, -0.1) is 11.8 Å². The molecule has 7 heteroatoms. The summed E-state index contributed by atoms with van der Waals surface area (Å²) in [6.45, 7) is 1.99. The third-order valence-corrected chi connectivity index (χ3v) is 6.67. The van der Waals surface area contributed by atoms with Crippen molar-refractivity contribution >= 4 is 23.7 Å². The van der Waals surface area contributed by atoms with Crippen molar-refractivity contribution in [2.75, 3.05) is 41.1 Å². The number of methoxy groups -OCH3 is 3. The highest BCUT2D eigenvalue weighted by Gasteiger charge is 2.34. The van der Waals surface area contributed by atoms with Crippen molar-refractivity contribution in [1.29, 1.82) is 0 Å². The van der Waals surface area contributed by atoms with Crippen molar-refractivity contribution in [3.63, 3.8) is 0 Å². The molecule has 0 aromatic heterocycles. The molecule has 1 aliphatic heterocycles. The van der Waals surface area contributed by atoms with E-state index in [1.807, 2.05) is 30.0 Å². The van der Waals surface area contributed by atoms with Crippen LogP contribution in [0.1, 0.15) is 18.4 Å². The first kappa shape index (κ1) is 23.0. The smallest absolute Gasteiger partial charge is 0.244 e. The fraction of sp³-hybridized carbons (Fsp3) is 0.375. The second-order valence-corrected chi connectivity index (χ2v) is 8.76. The lowest BCUT2D eigenvalue weighted by molar-refractivity contribution is -0.116. The average molecular weight is 444 g/mol. The summed E-state index contributed by atoms with van der Waals surface area (Å²) in [6, 6.07) is 13.9. The van der Waals surface area contributed by atoms with E-state index in [0.29, 0.717) is 37.0 Å². The Morgan fingerprint density at radius 3 is 2.29 bits per heavy atom. The first-order valence-corrected chi connectivity index (χ1v) is 11.0. The fourth-order valence-corrected chi connectivity index (χ4v) is 4.78. The Balaban J connectivity index is 1.67. The van der Waals surface area contributed by atoms with Crippen molar-refractivity contribution in [1.82, 2.24) is 5.32 Å². The molecule has 0 atom stereocenters. The molecule has 0 saturated carbocycles. The minimum atomic E-state index is -0.145. The molecule has 0 radical (unpaired) electrons. The highest BCUT2D eigenvalue weighted by Crippen LogP contribution is 2.40.